The fraction of sp³-hybridized carbons (Fsp3) is 0.333. The number of benzene rings is 1. The van der Waals surface area contributed by atoms with E-state index in [2.05, 4.69) is 0 Å². The van der Waals surface area contributed by atoms with E-state index in [0.29, 0.717) is 5.56 Å². The minimum Gasteiger partial charge on any atom is -0.478 e. The molecule has 2 saturated heterocycles. The van der Waals surface area contributed by atoms with Crippen LogP contribution in [0.25, 0.3) is 0 Å². The third-order valence-electron chi connectivity index (χ3n) is 2.95. The molecule has 0 saturated carbocycles. The van der Waals surface area contributed by atoms with E-state index in [1.807, 2.05) is 0 Å². The van der Waals surface area contributed by atoms with Gasteiger partial charge < -0.3 is 19.3 Å². The molecular formula is C12H10O6. The molecule has 18 heavy (non-hydrogen) atoms. The van der Waals surface area contributed by atoms with Gasteiger partial charge in [-0.1, -0.05) is 12.1 Å². The van der Waals surface area contributed by atoms with Crippen LogP contribution in [-0.2, 0) is 14.2 Å². The van der Waals surface area contributed by atoms with Crippen LogP contribution in [0.3, 0.4) is 0 Å². The predicted molar refractivity (Wildman–Crippen MR) is 57.1 cm³/mol. The Labute approximate surface area is 102 Å². The van der Waals surface area contributed by atoms with Crippen LogP contribution < -0.4 is 0 Å². The summed E-state index contributed by atoms with van der Waals surface area (Å²) in [5.41, 5.74) is 0.484. The van der Waals surface area contributed by atoms with Crippen molar-refractivity contribution >= 4 is 11.9 Å². The van der Waals surface area contributed by atoms with Gasteiger partial charge in [-0.05, 0) is 18.6 Å². The molecule has 94 valence electrons. The summed E-state index contributed by atoms with van der Waals surface area (Å²) in [5.74, 6) is -1.87. The number of carbonyl (C=O) groups is 2. The summed E-state index contributed by atoms with van der Waals surface area (Å²) >= 11 is 0. The van der Waals surface area contributed by atoms with E-state index in [1.54, 1.807) is 19.1 Å². The summed E-state index contributed by atoms with van der Waals surface area (Å²) in [5, 5.41) is 9.10. The Morgan fingerprint density at radius 2 is 2.11 bits per heavy atom. The second kappa shape index (κ2) is 3.79. The standard InChI is InChI=1S/C12H10O6/c1-5-3-2-4-6(7(5)9(13)14)10(15)17-12-8-11(16-8)18-12/h2-4,8,11-12H,1H3,(H,13,14). The number of hydrogen-bond acceptors (Lipinski definition) is 5. The average Bonchev–Trinajstić information content (AvgIpc) is 2.96. The number of rotatable bonds is 3. The highest BCUT2D eigenvalue weighted by atomic mass is 16.9. The van der Waals surface area contributed by atoms with Crippen molar-refractivity contribution in [1.82, 2.24) is 0 Å². The lowest BCUT2D eigenvalue weighted by Gasteiger charge is -2.21. The molecule has 0 spiro atoms. The number of aromatic carboxylic acids is 1. The van der Waals surface area contributed by atoms with E-state index in [4.69, 9.17) is 19.3 Å². The second-order valence-electron chi connectivity index (χ2n) is 4.18. The first-order valence-electron chi connectivity index (χ1n) is 5.43. The highest BCUT2D eigenvalue weighted by molar-refractivity contribution is 6.03. The Bertz CT molecular complexity index is 537. The van der Waals surface area contributed by atoms with Gasteiger partial charge in [-0.2, -0.15) is 0 Å². The SMILES string of the molecule is Cc1cccc(C(=O)OC2OC3OC23)c1C(=O)O. The van der Waals surface area contributed by atoms with E-state index in [0.717, 1.165) is 0 Å². The number of aryl methyl sites for hydroxylation is 1. The van der Waals surface area contributed by atoms with Crippen molar-refractivity contribution in [3.63, 3.8) is 0 Å². The highest BCUT2D eigenvalue weighted by Crippen LogP contribution is 2.40. The molecule has 2 fully saturated rings. The van der Waals surface area contributed by atoms with Gasteiger partial charge in [-0.15, -0.1) is 0 Å². The van der Waals surface area contributed by atoms with E-state index < -0.39 is 18.2 Å². The third-order valence-corrected chi connectivity index (χ3v) is 2.95. The number of esters is 1. The van der Waals surface area contributed by atoms with E-state index in [-0.39, 0.29) is 23.5 Å². The fourth-order valence-electron chi connectivity index (χ4n) is 1.92. The predicted octanol–water partition coefficient (Wildman–Crippen LogP) is 0.931. The molecule has 2 aliphatic heterocycles. The lowest BCUT2D eigenvalue weighted by Crippen LogP contribution is -2.37. The van der Waals surface area contributed by atoms with E-state index in [1.165, 1.54) is 6.07 Å². The third kappa shape index (κ3) is 1.66. The number of epoxide rings is 1. The Balaban J connectivity index is 1.83. The van der Waals surface area contributed by atoms with Gasteiger partial charge in [0.1, 0.15) is 0 Å². The van der Waals surface area contributed by atoms with Crippen molar-refractivity contribution in [3.05, 3.63) is 34.9 Å². The van der Waals surface area contributed by atoms with Crippen LogP contribution in [0.1, 0.15) is 26.3 Å². The van der Waals surface area contributed by atoms with Gasteiger partial charge in [-0.25, -0.2) is 9.59 Å². The normalized spacial score (nSPS) is 27.9. The molecule has 1 aromatic carbocycles. The molecule has 0 amide bonds. The molecule has 1 N–H and O–H groups in total. The maximum atomic E-state index is 11.9. The average molecular weight is 250 g/mol. The number of carboxylic acids is 1. The number of ether oxygens (including phenoxy) is 3. The Hall–Kier alpha value is -1.92. The zero-order chi connectivity index (χ0) is 12.9. The summed E-state index contributed by atoms with van der Waals surface area (Å²) in [6.45, 7) is 1.63. The molecule has 0 aromatic heterocycles. The molecule has 2 aliphatic rings. The zero-order valence-electron chi connectivity index (χ0n) is 9.45. The maximum absolute atomic E-state index is 11.9. The zero-order valence-corrected chi connectivity index (χ0v) is 9.45. The molecule has 1 aromatic rings. The van der Waals surface area contributed by atoms with Crippen molar-refractivity contribution in [1.29, 1.82) is 0 Å². The number of hydrogen-bond donors (Lipinski definition) is 1. The first-order valence-corrected chi connectivity index (χ1v) is 5.43. The topological polar surface area (TPSA) is 85.4 Å². The van der Waals surface area contributed by atoms with Gasteiger partial charge in [0.2, 0.25) is 6.29 Å². The first kappa shape index (κ1) is 11.2. The van der Waals surface area contributed by atoms with Crippen molar-refractivity contribution in [2.24, 2.45) is 0 Å². The van der Waals surface area contributed by atoms with Crippen molar-refractivity contribution in [2.75, 3.05) is 0 Å². The van der Waals surface area contributed by atoms with Crippen LogP contribution in [0, 0.1) is 6.92 Å². The highest BCUT2D eigenvalue weighted by Gasteiger charge is 2.61. The molecule has 6 heteroatoms. The van der Waals surface area contributed by atoms with Crippen LogP contribution in [0.4, 0.5) is 0 Å². The molecule has 3 atom stereocenters. The summed E-state index contributed by atoms with van der Waals surface area (Å²) in [6, 6.07) is 4.65. The minimum atomic E-state index is -1.16. The monoisotopic (exact) mass is 250 g/mol. The fourth-order valence-corrected chi connectivity index (χ4v) is 1.92. The van der Waals surface area contributed by atoms with Gasteiger partial charge in [0.25, 0.3) is 0 Å². The van der Waals surface area contributed by atoms with Gasteiger partial charge >= 0.3 is 11.9 Å². The van der Waals surface area contributed by atoms with Gasteiger partial charge in [0.05, 0.1) is 11.1 Å². The van der Waals surface area contributed by atoms with Crippen LogP contribution >= 0.6 is 0 Å². The molecule has 0 radical (unpaired) electrons. The van der Waals surface area contributed by atoms with Crippen LogP contribution in [-0.4, -0.2) is 35.7 Å². The molecule has 3 rings (SSSR count). The largest absolute Gasteiger partial charge is 0.478 e. The van der Waals surface area contributed by atoms with Crippen LogP contribution in [0.15, 0.2) is 18.2 Å². The van der Waals surface area contributed by atoms with Crippen molar-refractivity contribution in [2.45, 2.75) is 25.6 Å². The van der Waals surface area contributed by atoms with Gasteiger partial charge in [-0.3, -0.25) is 0 Å². The molecule has 0 aliphatic carbocycles. The minimum absolute atomic E-state index is 0.0233. The van der Waals surface area contributed by atoms with E-state index >= 15 is 0 Å². The summed E-state index contributed by atoms with van der Waals surface area (Å²) < 4.78 is 15.0. The van der Waals surface area contributed by atoms with Crippen LogP contribution in [0.5, 0.6) is 0 Å². The number of carbonyl (C=O) groups excluding carboxylic acids is 1. The molecule has 3 unspecified atom stereocenters. The van der Waals surface area contributed by atoms with Gasteiger partial charge in [0, 0.05) is 0 Å². The Morgan fingerprint density at radius 3 is 2.67 bits per heavy atom. The quantitative estimate of drug-likeness (QED) is 0.634. The lowest BCUT2D eigenvalue weighted by atomic mass is 10.0. The molecule has 6 nitrogen and oxygen atoms in total. The molecule has 2 heterocycles. The Kier molecular flexibility index (Phi) is 2.36. The summed E-state index contributed by atoms with van der Waals surface area (Å²) in [6.07, 6.45) is -1.16. The van der Waals surface area contributed by atoms with Crippen LogP contribution in [0.2, 0.25) is 0 Å². The molecule has 0 bridgehead atoms. The van der Waals surface area contributed by atoms with Crippen molar-refractivity contribution < 1.29 is 28.9 Å². The smallest absolute Gasteiger partial charge is 0.341 e. The second-order valence-corrected chi connectivity index (χ2v) is 4.18. The summed E-state index contributed by atoms with van der Waals surface area (Å²) in [4.78, 5) is 23.0. The lowest BCUT2D eigenvalue weighted by molar-refractivity contribution is -0.172. The van der Waals surface area contributed by atoms with E-state index in [9.17, 15) is 9.59 Å². The molecular weight excluding hydrogens is 240 g/mol. The van der Waals surface area contributed by atoms with Gasteiger partial charge in [0.15, 0.2) is 12.4 Å². The number of fused-ring (bicyclic) bond motifs is 1. The Morgan fingerprint density at radius 1 is 1.33 bits per heavy atom. The summed E-state index contributed by atoms with van der Waals surface area (Å²) in [7, 11) is 0. The first-order chi connectivity index (χ1) is 8.58. The van der Waals surface area contributed by atoms with Crippen molar-refractivity contribution in [3.8, 4) is 0 Å². The number of carboxylic acid groups (broad SMARTS) is 1. The maximum Gasteiger partial charge on any atom is 0.341 e.